The lowest BCUT2D eigenvalue weighted by atomic mass is 9.80. The Balaban J connectivity index is 2.39. The van der Waals surface area contributed by atoms with Gasteiger partial charge < -0.3 is 5.73 Å². The molecule has 1 aliphatic carbocycles. The van der Waals surface area contributed by atoms with Crippen LogP contribution >= 0.6 is 0 Å². The first-order chi connectivity index (χ1) is 8.77. The summed E-state index contributed by atoms with van der Waals surface area (Å²) in [7, 11) is -3.46. The SMILES string of the molecule is Cc1cc(C)c(S(=O)(=O)NC2(C)CCC2)cc1CN. The summed E-state index contributed by atoms with van der Waals surface area (Å²) in [6, 6.07) is 3.59. The van der Waals surface area contributed by atoms with Crippen LogP contribution in [0.3, 0.4) is 0 Å². The molecule has 0 spiro atoms. The zero-order valence-corrected chi connectivity index (χ0v) is 12.6. The number of hydrogen-bond donors (Lipinski definition) is 2. The molecule has 1 fully saturated rings. The van der Waals surface area contributed by atoms with Gasteiger partial charge >= 0.3 is 0 Å². The zero-order chi connectivity index (χ0) is 14.3. The van der Waals surface area contributed by atoms with Crippen LogP contribution in [0.15, 0.2) is 17.0 Å². The molecular formula is C14H22N2O2S. The molecule has 0 unspecified atom stereocenters. The Bertz CT molecular complexity index is 590. The number of nitrogens with two attached hydrogens (primary N) is 1. The van der Waals surface area contributed by atoms with Crippen molar-refractivity contribution in [2.24, 2.45) is 5.73 Å². The Morgan fingerprint density at radius 1 is 1.26 bits per heavy atom. The fourth-order valence-electron chi connectivity index (χ4n) is 2.57. The Morgan fingerprint density at radius 2 is 1.89 bits per heavy atom. The number of nitrogens with one attached hydrogen (secondary N) is 1. The van der Waals surface area contributed by atoms with Gasteiger partial charge in [0.15, 0.2) is 0 Å². The Kier molecular flexibility index (Phi) is 3.73. The van der Waals surface area contributed by atoms with Crippen molar-refractivity contribution < 1.29 is 8.42 Å². The minimum Gasteiger partial charge on any atom is -0.326 e. The first-order valence-electron chi connectivity index (χ1n) is 6.62. The maximum atomic E-state index is 12.5. The highest BCUT2D eigenvalue weighted by molar-refractivity contribution is 7.89. The van der Waals surface area contributed by atoms with Gasteiger partial charge in [0, 0.05) is 12.1 Å². The first-order valence-corrected chi connectivity index (χ1v) is 8.10. The Labute approximate surface area is 115 Å². The van der Waals surface area contributed by atoms with Crippen molar-refractivity contribution in [1.29, 1.82) is 0 Å². The molecule has 0 heterocycles. The number of benzene rings is 1. The summed E-state index contributed by atoms with van der Waals surface area (Å²) < 4.78 is 27.8. The predicted molar refractivity (Wildman–Crippen MR) is 76.4 cm³/mol. The molecule has 2 rings (SSSR count). The standard InChI is InChI=1S/C14H22N2O2S/c1-10-7-11(2)13(8-12(10)9-15)19(17,18)16-14(3)5-4-6-14/h7-8,16H,4-6,9,15H2,1-3H3. The molecule has 0 aliphatic heterocycles. The van der Waals surface area contributed by atoms with E-state index in [1.54, 1.807) is 6.07 Å². The van der Waals surface area contributed by atoms with Gasteiger partial charge in [-0.05, 0) is 62.8 Å². The van der Waals surface area contributed by atoms with Crippen LogP contribution in [-0.4, -0.2) is 14.0 Å². The number of sulfonamides is 1. The number of aryl methyl sites for hydroxylation is 2. The summed E-state index contributed by atoms with van der Waals surface area (Å²) in [6.45, 7) is 6.09. The van der Waals surface area contributed by atoms with Crippen LogP contribution < -0.4 is 10.5 Å². The van der Waals surface area contributed by atoms with Gasteiger partial charge in [-0.1, -0.05) is 6.07 Å². The molecule has 5 heteroatoms. The van der Waals surface area contributed by atoms with Crippen molar-refractivity contribution in [3.05, 3.63) is 28.8 Å². The predicted octanol–water partition coefficient (Wildman–Crippen LogP) is 1.98. The monoisotopic (exact) mass is 282 g/mol. The summed E-state index contributed by atoms with van der Waals surface area (Å²) in [6.07, 6.45) is 2.89. The molecule has 0 saturated heterocycles. The molecule has 0 atom stereocenters. The maximum Gasteiger partial charge on any atom is 0.241 e. The van der Waals surface area contributed by atoms with Gasteiger partial charge in [-0.3, -0.25) is 0 Å². The number of hydrogen-bond acceptors (Lipinski definition) is 3. The van der Waals surface area contributed by atoms with Gasteiger partial charge in [0.05, 0.1) is 4.90 Å². The highest BCUT2D eigenvalue weighted by Gasteiger charge is 2.36. The van der Waals surface area contributed by atoms with Gasteiger partial charge in [0.25, 0.3) is 0 Å². The lowest BCUT2D eigenvalue weighted by Gasteiger charge is -2.38. The number of rotatable bonds is 4. The largest absolute Gasteiger partial charge is 0.326 e. The lowest BCUT2D eigenvalue weighted by molar-refractivity contribution is 0.248. The van der Waals surface area contributed by atoms with E-state index in [4.69, 9.17) is 5.73 Å². The summed E-state index contributed by atoms with van der Waals surface area (Å²) in [5, 5.41) is 0. The summed E-state index contributed by atoms with van der Waals surface area (Å²) in [5.41, 5.74) is 8.07. The van der Waals surface area contributed by atoms with Crippen LogP contribution in [-0.2, 0) is 16.6 Å². The van der Waals surface area contributed by atoms with E-state index in [0.29, 0.717) is 11.4 Å². The third-order valence-electron chi connectivity index (χ3n) is 3.98. The second-order valence-corrected chi connectivity index (χ2v) is 7.42. The minimum atomic E-state index is -3.46. The molecular weight excluding hydrogens is 260 g/mol. The van der Waals surface area contributed by atoms with E-state index in [0.717, 1.165) is 36.0 Å². The normalized spacial score (nSPS) is 18.1. The Morgan fingerprint density at radius 3 is 2.37 bits per heavy atom. The van der Waals surface area contributed by atoms with Crippen LogP contribution in [0.5, 0.6) is 0 Å². The summed E-state index contributed by atoms with van der Waals surface area (Å²) in [5.74, 6) is 0. The maximum absolute atomic E-state index is 12.5. The summed E-state index contributed by atoms with van der Waals surface area (Å²) >= 11 is 0. The Hall–Kier alpha value is -0.910. The van der Waals surface area contributed by atoms with Gasteiger partial charge in [-0.15, -0.1) is 0 Å². The molecule has 0 amide bonds. The fourth-order valence-corrected chi connectivity index (χ4v) is 4.32. The van der Waals surface area contributed by atoms with Crippen LogP contribution in [0.25, 0.3) is 0 Å². The van der Waals surface area contributed by atoms with Crippen LogP contribution in [0.1, 0.15) is 42.9 Å². The van der Waals surface area contributed by atoms with E-state index in [1.807, 2.05) is 26.8 Å². The van der Waals surface area contributed by atoms with E-state index in [1.165, 1.54) is 0 Å². The molecule has 1 aromatic carbocycles. The van der Waals surface area contributed by atoms with Crippen LogP contribution in [0, 0.1) is 13.8 Å². The van der Waals surface area contributed by atoms with E-state index in [-0.39, 0.29) is 5.54 Å². The molecule has 0 aromatic heterocycles. The van der Waals surface area contributed by atoms with Crippen molar-refractivity contribution in [1.82, 2.24) is 4.72 Å². The van der Waals surface area contributed by atoms with Gasteiger partial charge in [0.1, 0.15) is 0 Å². The molecule has 1 saturated carbocycles. The van der Waals surface area contributed by atoms with E-state index < -0.39 is 10.0 Å². The highest BCUT2D eigenvalue weighted by atomic mass is 32.2. The van der Waals surface area contributed by atoms with Crippen molar-refractivity contribution in [2.75, 3.05) is 0 Å². The quantitative estimate of drug-likeness (QED) is 0.887. The summed E-state index contributed by atoms with van der Waals surface area (Å²) in [4.78, 5) is 0.353. The third kappa shape index (κ3) is 2.83. The second kappa shape index (κ2) is 4.89. The molecule has 4 nitrogen and oxygen atoms in total. The molecule has 19 heavy (non-hydrogen) atoms. The van der Waals surface area contributed by atoms with Gasteiger partial charge in [-0.25, -0.2) is 13.1 Å². The minimum absolute atomic E-state index is 0.279. The molecule has 1 aliphatic rings. The molecule has 3 N–H and O–H groups in total. The average Bonchev–Trinajstić information content (AvgIpc) is 2.26. The van der Waals surface area contributed by atoms with Crippen molar-refractivity contribution >= 4 is 10.0 Å². The van der Waals surface area contributed by atoms with Crippen LogP contribution in [0.2, 0.25) is 0 Å². The molecule has 1 aromatic rings. The second-order valence-electron chi connectivity index (χ2n) is 5.77. The van der Waals surface area contributed by atoms with Gasteiger partial charge in [0.2, 0.25) is 10.0 Å². The van der Waals surface area contributed by atoms with Crippen LogP contribution in [0.4, 0.5) is 0 Å². The van der Waals surface area contributed by atoms with Crippen molar-refractivity contribution in [3.8, 4) is 0 Å². The molecule has 106 valence electrons. The van der Waals surface area contributed by atoms with E-state index >= 15 is 0 Å². The molecule has 0 radical (unpaired) electrons. The van der Waals surface area contributed by atoms with E-state index in [9.17, 15) is 8.42 Å². The third-order valence-corrected chi connectivity index (χ3v) is 5.76. The zero-order valence-electron chi connectivity index (χ0n) is 11.8. The average molecular weight is 282 g/mol. The molecule has 0 bridgehead atoms. The fraction of sp³-hybridized carbons (Fsp3) is 0.571. The lowest BCUT2D eigenvalue weighted by Crippen LogP contribution is -2.50. The first kappa shape index (κ1) is 14.5. The highest BCUT2D eigenvalue weighted by Crippen LogP contribution is 2.33. The topological polar surface area (TPSA) is 72.2 Å². The van der Waals surface area contributed by atoms with E-state index in [2.05, 4.69) is 4.72 Å². The van der Waals surface area contributed by atoms with Gasteiger partial charge in [-0.2, -0.15) is 0 Å². The van der Waals surface area contributed by atoms with Crippen molar-refractivity contribution in [3.63, 3.8) is 0 Å². The van der Waals surface area contributed by atoms with Crippen molar-refractivity contribution in [2.45, 2.75) is 57.0 Å². The smallest absolute Gasteiger partial charge is 0.241 e.